The van der Waals surface area contributed by atoms with Crippen LogP contribution < -0.4 is 5.43 Å². The van der Waals surface area contributed by atoms with Gasteiger partial charge in [-0.3, -0.25) is 0 Å². The van der Waals surface area contributed by atoms with E-state index in [1.54, 1.807) is 12.4 Å². The van der Waals surface area contributed by atoms with Crippen LogP contribution in [0.2, 0.25) is 0 Å². The molecule has 1 heterocycles. The van der Waals surface area contributed by atoms with Gasteiger partial charge in [0.2, 0.25) is 0 Å². The summed E-state index contributed by atoms with van der Waals surface area (Å²) in [6.07, 6.45) is 2.74. The van der Waals surface area contributed by atoms with Crippen molar-refractivity contribution in [1.82, 2.24) is 9.66 Å². The van der Waals surface area contributed by atoms with Crippen LogP contribution in [-0.4, -0.2) is 22.9 Å². The van der Waals surface area contributed by atoms with Gasteiger partial charge in [-0.1, -0.05) is 18.2 Å². The third-order valence-electron chi connectivity index (χ3n) is 1.96. The molecule has 0 saturated heterocycles. The Morgan fingerprint density at radius 3 is 2.88 bits per heavy atom. The quantitative estimate of drug-likeness (QED) is 0.907. The number of hydrogen-bond donors (Lipinski definition) is 1. The average molecular weight is 249 g/mol. The second kappa shape index (κ2) is 5.40. The molecule has 0 aliphatic carbocycles. The third kappa shape index (κ3) is 3.01. The second-order valence-electron chi connectivity index (χ2n) is 3.10. The van der Waals surface area contributed by atoms with E-state index in [1.165, 1.54) is 23.5 Å². The molecule has 1 aromatic carbocycles. The molecule has 0 spiro atoms. The highest BCUT2D eigenvalue weighted by Crippen LogP contribution is 2.24. The molecular weight excluding hydrogens is 238 g/mol. The van der Waals surface area contributed by atoms with E-state index in [4.69, 9.17) is 0 Å². The summed E-state index contributed by atoms with van der Waals surface area (Å²) in [6, 6.07) is 9.79. The summed E-state index contributed by atoms with van der Waals surface area (Å²) in [5, 5.41) is 0.668. The molecule has 0 bridgehead atoms. The summed E-state index contributed by atoms with van der Waals surface area (Å²) < 4.78 is 6.04. The maximum absolute atomic E-state index is 11.1. The van der Waals surface area contributed by atoms with E-state index in [0.717, 1.165) is 4.90 Å². The molecule has 2 aromatic rings. The van der Waals surface area contributed by atoms with Gasteiger partial charge in [0.15, 0.2) is 5.16 Å². The molecule has 2 rings (SSSR count). The number of carbonyl (C=O) groups excluding carboxylic acids is 1. The number of amides is 1. The highest BCUT2D eigenvalue weighted by atomic mass is 32.2. The van der Waals surface area contributed by atoms with Crippen LogP contribution in [-0.2, 0) is 4.74 Å². The van der Waals surface area contributed by atoms with Crippen LogP contribution in [0.3, 0.4) is 0 Å². The van der Waals surface area contributed by atoms with Gasteiger partial charge in [0, 0.05) is 17.3 Å². The zero-order chi connectivity index (χ0) is 12.1. The molecule has 0 unspecified atom stereocenters. The summed E-state index contributed by atoms with van der Waals surface area (Å²) in [7, 11) is 1.32. The molecule has 0 fully saturated rings. The van der Waals surface area contributed by atoms with Crippen LogP contribution in [0.1, 0.15) is 0 Å². The summed E-state index contributed by atoms with van der Waals surface area (Å²) in [6.45, 7) is 0. The Kier molecular flexibility index (Phi) is 3.66. The first kappa shape index (κ1) is 11.5. The van der Waals surface area contributed by atoms with E-state index < -0.39 is 6.09 Å². The van der Waals surface area contributed by atoms with Gasteiger partial charge >= 0.3 is 6.09 Å². The van der Waals surface area contributed by atoms with E-state index >= 15 is 0 Å². The summed E-state index contributed by atoms with van der Waals surface area (Å²) in [5.41, 5.74) is 2.53. The lowest BCUT2D eigenvalue weighted by Gasteiger charge is -2.07. The van der Waals surface area contributed by atoms with Crippen LogP contribution >= 0.6 is 11.8 Å². The zero-order valence-corrected chi connectivity index (χ0v) is 9.98. The molecular formula is C11H11N3O2S. The molecule has 17 heavy (non-hydrogen) atoms. The molecule has 6 heteroatoms. The van der Waals surface area contributed by atoms with Crippen molar-refractivity contribution in [2.24, 2.45) is 0 Å². The Balaban J connectivity index is 2.12. The molecule has 88 valence electrons. The topological polar surface area (TPSA) is 56.1 Å². The average Bonchev–Trinajstić information content (AvgIpc) is 2.78. The second-order valence-corrected chi connectivity index (χ2v) is 4.14. The molecule has 1 N–H and O–H groups in total. The van der Waals surface area contributed by atoms with Crippen molar-refractivity contribution < 1.29 is 9.53 Å². The molecule has 1 aromatic heterocycles. The number of ether oxygens (including phenoxy) is 1. The van der Waals surface area contributed by atoms with Crippen molar-refractivity contribution >= 4 is 17.9 Å². The number of methoxy groups -OCH3 is 1. The van der Waals surface area contributed by atoms with Crippen molar-refractivity contribution in [3.63, 3.8) is 0 Å². The maximum atomic E-state index is 11.1. The first-order valence-electron chi connectivity index (χ1n) is 4.91. The lowest BCUT2D eigenvalue weighted by Crippen LogP contribution is -2.22. The Hall–Kier alpha value is -1.95. The summed E-state index contributed by atoms with van der Waals surface area (Å²) >= 11 is 1.45. The predicted molar refractivity (Wildman–Crippen MR) is 64.6 cm³/mol. The number of aromatic nitrogens is 2. The Bertz CT molecular complexity index is 498. The highest BCUT2D eigenvalue weighted by Gasteiger charge is 2.07. The van der Waals surface area contributed by atoms with Gasteiger partial charge in [-0.25, -0.2) is 19.9 Å². The van der Waals surface area contributed by atoms with E-state index in [1.807, 2.05) is 30.3 Å². The fourth-order valence-electron chi connectivity index (χ4n) is 1.19. The number of nitrogens with one attached hydrogen (secondary N) is 1. The molecule has 0 aliphatic rings. The molecule has 0 radical (unpaired) electrons. The van der Waals surface area contributed by atoms with Crippen molar-refractivity contribution in [2.75, 3.05) is 12.5 Å². The molecule has 1 amide bonds. The van der Waals surface area contributed by atoms with Gasteiger partial charge < -0.3 is 4.74 Å². The number of nitrogens with zero attached hydrogens (tertiary/aromatic N) is 2. The number of imidazole rings is 1. The van der Waals surface area contributed by atoms with Crippen LogP contribution in [0.4, 0.5) is 4.79 Å². The number of carbonyl (C=O) groups is 1. The Morgan fingerprint density at radius 2 is 2.18 bits per heavy atom. The van der Waals surface area contributed by atoms with Gasteiger partial charge in [-0.05, 0) is 23.9 Å². The van der Waals surface area contributed by atoms with E-state index in [2.05, 4.69) is 15.1 Å². The summed E-state index contributed by atoms with van der Waals surface area (Å²) in [4.78, 5) is 16.3. The minimum atomic E-state index is -0.530. The number of rotatable bonds is 3. The van der Waals surface area contributed by atoms with Crippen molar-refractivity contribution in [2.45, 2.75) is 10.1 Å². The number of benzene rings is 1. The standard InChI is InChI=1S/C11H11N3O2S/c1-16-11(15)13-14-8-7-12-10(14)17-9-5-3-2-4-6-9/h2-8H,1H3,(H,13,15). The molecule has 5 nitrogen and oxygen atoms in total. The highest BCUT2D eigenvalue weighted by molar-refractivity contribution is 7.99. The molecule has 0 saturated carbocycles. The minimum absolute atomic E-state index is 0.530. The SMILES string of the molecule is COC(=O)Nn1ccnc1Sc1ccccc1. The van der Waals surface area contributed by atoms with Crippen molar-refractivity contribution in [1.29, 1.82) is 0 Å². The Morgan fingerprint density at radius 1 is 1.41 bits per heavy atom. The molecule has 0 atom stereocenters. The van der Waals surface area contributed by atoms with E-state index in [-0.39, 0.29) is 0 Å². The minimum Gasteiger partial charge on any atom is -0.452 e. The van der Waals surface area contributed by atoms with E-state index in [0.29, 0.717) is 5.16 Å². The lowest BCUT2D eigenvalue weighted by molar-refractivity contribution is 0.183. The fourth-order valence-corrected chi connectivity index (χ4v) is 2.01. The van der Waals surface area contributed by atoms with Gasteiger partial charge in [0.1, 0.15) is 0 Å². The van der Waals surface area contributed by atoms with E-state index in [9.17, 15) is 4.79 Å². The third-order valence-corrected chi connectivity index (χ3v) is 2.95. The van der Waals surface area contributed by atoms with Crippen LogP contribution in [0.5, 0.6) is 0 Å². The van der Waals surface area contributed by atoms with Gasteiger partial charge in [0.05, 0.1) is 7.11 Å². The van der Waals surface area contributed by atoms with Crippen LogP contribution in [0.15, 0.2) is 52.8 Å². The zero-order valence-electron chi connectivity index (χ0n) is 9.16. The largest absolute Gasteiger partial charge is 0.452 e. The molecule has 0 aliphatic heterocycles. The predicted octanol–water partition coefficient (Wildman–Crippen LogP) is 2.34. The monoisotopic (exact) mass is 249 g/mol. The first-order valence-corrected chi connectivity index (χ1v) is 5.72. The Labute approximate surface area is 103 Å². The number of hydrogen-bond acceptors (Lipinski definition) is 4. The fraction of sp³-hybridized carbons (Fsp3) is 0.0909. The smallest absolute Gasteiger partial charge is 0.426 e. The van der Waals surface area contributed by atoms with Crippen LogP contribution in [0, 0.1) is 0 Å². The van der Waals surface area contributed by atoms with Gasteiger partial charge in [0.25, 0.3) is 0 Å². The van der Waals surface area contributed by atoms with Crippen molar-refractivity contribution in [3.8, 4) is 0 Å². The lowest BCUT2D eigenvalue weighted by atomic mass is 10.4. The normalized spacial score (nSPS) is 9.94. The maximum Gasteiger partial charge on any atom is 0.426 e. The van der Waals surface area contributed by atoms with Crippen LogP contribution in [0.25, 0.3) is 0 Å². The van der Waals surface area contributed by atoms with Gasteiger partial charge in [-0.15, -0.1) is 0 Å². The first-order chi connectivity index (χ1) is 8.29. The van der Waals surface area contributed by atoms with Gasteiger partial charge in [-0.2, -0.15) is 0 Å². The van der Waals surface area contributed by atoms with Crippen molar-refractivity contribution in [3.05, 3.63) is 42.7 Å². The summed E-state index contributed by atoms with van der Waals surface area (Å²) in [5.74, 6) is 0.